The Balaban J connectivity index is 1.33. The summed E-state index contributed by atoms with van der Waals surface area (Å²) in [6, 6.07) is 16.8. The van der Waals surface area contributed by atoms with Crippen molar-refractivity contribution in [3.8, 4) is 46.0 Å². The van der Waals surface area contributed by atoms with Crippen LogP contribution in [0.25, 0.3) is 34.3 Å². The minimum Gasteiger partial charge on any atom is -0.490 e. The molecule has 1 atom stereocenters. The number of unbranched alkanes of at least 4 members (excludes halogenated alkanes) is 16. The number of nitrogens with one attached hydrogen (secondary N) is 1. The van der Waals surface area contributed by atoms with Crippen LogP contribution >= 0.6 is 0 Å². The average Bonchev–Trinajstić information content (AvgIpc) is 2.06. The third-order valence-corrected chi connectivity index (χ3v) is 16.9. The molecule has 9 rings (SSSR count). The summed E-state index contributed by atoms with van der Waals surface area (Å²) in [7, 11) is 0. The monoisotopic (exact) mass is 1200 g/mol. The number of H-pyrrole nitrogens is 1. The van der Waals surface area contributed by atoms with Crippen LogP contribution < -0.4 is 48.6 Å². The van der Waals surface area contributed by atoms with Crippen LogP contribution in [-0.4, -0.2) is 75.0 Å². The fourth-order valence-corrected chi connectivity index (χ4v) is 11.7. The molecule has 1 unspecified atom stereocenters. The van der Waals surface area contributed by atoms with Gasteiger partial charge in [-0.25, -0.2) is 9.98 Å². The van der Waals surface area contributed by atoms with E-state index in [4.69, 9.17) is 52.9 Å². The summed E-state index contributed by atoms with van der Waals surface area (Å²) in [5.74, 6) is 5.81. The number of aliphatic imine (C=N–C) groups is 3. The van der Waals surface area contributed by atoms with Gasteiger partial charge in [0.25, 0.3) is 0 Å². The molecule has 0 spiro atoms. The molecule has 0 saturated carbocycles. The first-order valence-corrected chi connectivity index (χ1v) is 34.5. The van der Waals surface area contributed by atoms with E-state index in [0.29, 0.717) is 52.9 Å². The molecule has 1 N–H and O–H groups in total. The van der Waals surface area contributed by atoms with Crippen molar-refractivity contribution in [1.29, 1.82) is 0 Å². The molecule has 4 aliphatic heterocycles. The van der Waals surface area contributed by atoms with E-state index in [0.717, 1.165) is 283 Å². The van der Waals surface area contributed by atoms with E-state index in [2.05, 4.69) is 133 Å². The zero-order valence-corrected chi connectivity index (χ0v) is 54.7. The number of hydrogen-bond acceptors (Lipinski definition) is 11. The second kappa shape index (κ2) is 34.1. The maximum Gasteiger partial charge on any atom is 0.161 e. The Hall–Kier alpha value is -6.95. The van der Waals surface area contributed by atoms with Gasteiger partial charge in [0, 0.05) is 49.3 Å². The van der Waals surface area contributed by atoms with Gasteiger partial charge in [-0.15, -0.1) is 0 Å². The summed E-state index contributed by atoms with van der Waals surface area (Å²) < 4.78 is 53.7. The summed E-state index contributed by atoms with van der Waals surface area (Å²) in [5, 5.41) is 3.73. The van der Waals surface area contributed by atoms with E-state index in [-0.39, 0.29) is 0 Å². The predicted octanol–water partition coefficient (Wildman–Crippen LogP) is 18.5. The van der Waals surface area contributed by atoms with Gasteiger partial charge in [0.05, 0.1) is 87.4 Å². The number of aromatic nitrogens is 1. The summed E-state index contributed by atoms with van der Waals surface area (Å²) in [4.78, 5) is 20.9. The first-order chi connectivity index (χ1) is 43.3. The van der Waals surface area contributed by atoms with Crippen molar-refractivity contribution in [3.05, 3.63) is 105 Å². The Kier molecular flexibility index (Phi) is 25.4. The maximum atomic E-state index is 6.72. The average molecular weight is 1200 g/mol. The van der Waals surface area contributed by atoms with Crippen LogP contribution in [0.15, 0.2) is 75.7 Å². The van der Waals surface area contributed by atoms with Crippen LogP contribution in [0.1, 0.15) is 249 Å². The van der Waals surface area contributed by atoms with Crippen LogP contribution in [0, 0.1) is 0 Å². The highest BCUT2D eigenvalue weighted by molar-refractivity contribution is 6.30. The summed E-state index contributed by atoms with van der Waals surface area (Å²) in [6.45, 7) is 22.5. The second-order valence-electron chi connectivity index (χ2n) is 24.1. The number of benzene rings is 4. The van der Waals surface area contributed by atoms with E-state index in [1.807, 2.05) is 0 Å². The molecule has 8 bridgehead atoms. The van der Waals surface area contributed by atoms with Gasteiger partial charge >= 0.3 is 0 Å². The molecule has 0 amide bonds. The standard InChI is InChI=1S/C76H102N4O8/c1-9-17-25-33-81-69-41-53-54(42-70(69)82-34-26-18-10-2)62-50-64-57-45-73(85-37-29-21-13-5)74(86-38-30-22-14-6)46-58(57)66(79-64)52-68-60-48-76(88-40-32-24-16-8)75(87-39-31-23-15-7)47-59(60)67(80-68)51-65-56-44-72(84-36-28-20-12-4)71(83-35-27-19-11-3)43-55(56)63(78-65)49-61(53)77-62/h41-52,61,80H,9-40H2,1-8H3/b63-49+,64-50-,67-51-,68-52-. The fraction of sp³-hybridized carbons (Fsp3) is 0.539. The number of ether oxygens (including phenoxy) is 8. The molecular formula is C76H102N4O8. The van der Waals surface area contributed by atoms with Crippen molar-refractivity contribution in [2.45, 2.75) is 216 Å². The van der Waals surface area contributed by atoms with Gasteiger partial charge in [-0.05, 0) is 130 Å². The van der Waals surface area contributed by atoms with Crippen molar-refractivity contribution in [2.24, 2.45) is 15.0 Å². The zero-order valence-electron chi connectivity index (χ0n) is 54.7. The van der Waals surface area contributed by atoms with E-state index < -0.39 is 6.04 Å². The summed E-state index contributed by atoms with van der Waals surface area (Å²) in [6.07, 6.45) is 33.9. The lowest BCUT2D eigenvalue weighted by atomic mass is 9.96. The Morgan fingerprint density at radius 2 is 0.602 bits per heavy atom. The van der Waals surface area contributed by atoms with Crippen molar-refractivity contribution >= 4 is 51.5 Å². The molecule has 0 radical (unpaired) electrons. The first kappa shape index (κ1) is 65.5. The number of allylic oxidation sites excluding steroid dienone is 1. The summed E-state index contributed by atoms with van der Waals surface area (Å²) in [5.41, 5.74) is 9.76. The van der Waals surface area contributed by atoms with E-state index in [1.165, 1.54) is 0 Å². The van der Waals surface area contributed by atoms with Gasteiger partial charge < -0.3 is 42.9 Å². The van der Waals surface area contributed by atoms with E-state index in [1.54, 1.807) is 0 Å². The van der Waals surface area contributed by atoms with Gasteiger partial charge in [-0.3, -0.25) is 4.99 Å². The number of aromatic amines is 1. The molecule has 5 aromatic rings. The lowest BCUT2D eigenvalue weighted by Gasteiger charge is -2.17. The van der Waals surface area contributed by atoms with Crippen molar-refractivity contribution in [3.63, 3.8) is 0 Å². The van der Waals surface area contributed by atoms with Crippen molar-refractivity contribution < 1.29 is 37.9 Å². The van der Waals surface area contributed by atoms with Crippen LogP contribution in [-0.2, 0) is 0 Å². The molecule has 4 aromatic carbocycles. The molecule has 12 nitrogen and oxygen atoms in total. The quantitative estimate of drug-likeness (QED) is 0.0384. The Labute approximate surface area is 526 Å². The number of fused-ring (bicyclic) bond motifs is 17. The molecule has 1 aromatic heterocycles. The van der Waals surface area contributed by atoms with Crippen molar-refractivity contribution in [2.75, 3.05) is 52.9 Å². The molecule has 0 saturated heterocycles. The lowest BCUT2D eigenvalue weighted by molar-refractivity contribution is 0.259. The Bertz CT molecular complexity index is 3400. The van der Waals surface area contributed by atoms with Crippen molar-refractivity contribution in [1.82, 2.24) is 4.98 Å². The SMILES string of the molecule is CCCCCOc1cc2c(cc1OCCCCC)/C1=C/C3=NC(/C=C4N=C(/C=c5\[nH]/c(c6cc(OCCCCC)c(OCCCCC)cc56)=C\C2=N1)c1cc(OCCCCC)c(OCCCCC)cc1/4)c1cc(OCCCCC)c(OCCCCC)cc13. The van der Waals surface area contributed by atoms with Gasteiger partial charge in [-0.1, -0.05) is 158 Å². The third-order valence-electron chi connectivity index (χ3n) is 16.9. The highest BCUT2D eigenvalue weighted by Gasteiger charge is 2.32. The van der Waals surface area contributed by atoms with Gasteiger partial charge in [-0.2, -0.15) is 0 Å². The number of nitrogens with zero attached hydrogens (tertiary/aromatic N) is 3. The van der Waals surface area contributed by atoms with Gasteiger partial charge in [0.15, 0.2) is 46.0 Å². The Morgan fingerprint density at radius 1 is 0.307 bits per heavy atom. The largest absolute Gasteiger partial charge is 0.490 e. The van der Waals surface area contributed by atoms with E-state index in [9.17, 15) is 0 Å². The minimum atomic E-state index is -0.444. The third kappa shape index (κ3) is 16.9. The zero-order chi connectivity index (χ0) is 61.5. The molecule has 12 heteroatoms. The topological polar surface area (TPSA) is 127 Å². The minimum absolute atomic E-state index is 0.444. The van der Waals surface area contributed by atoms with Crippen LogP contribution in [0.3, 0.4) is 0 Å². The molecule has 4 aliphatic rings. The summed E-state index contributed by atoms with van der Waals surface area (Å²) >= 11 is 0. The Morgan fingerprint density at radius 3 is 0.955 bits per heavy atom. The number of rotatable bonds is 40. The molecule has 0 fully saturated rings. The number of hydrogen-bond donors (Lipinski definition) is 1. The first-order valence-electron chi connectivity index (χ1n) is 34.5. The van der Waals surface area contributed by atoms with Gasteiger partial charge in [0.2, 0.25) is 0 Å². The highest BCUT2D eigenvalue weighted by atomic mass is 16.5. The molecule has 0 aliphatic carbocycles. The molecular weight excluding hydrogens is 1100 g/mol. The maximum absolute atomic E-state index is 6.72. The highest BCUT2D eigenvalue weighted by Crippen LogP contribution is 2.46. The molecule has 88 heavy (non-hydrogen) atoms. The van der Waals surface area contributed by atoms with Gasteiger partial charge in [0.1, 0.15) is 0 Å². The predicted molar refractivity (Wildman–Crippen MR) is 364 cm³/mol. The normalized spacial score (nSPS) is 16.4. The molecule has 474 valence electrons. The van der Waals surface area contributed by atoms with Crippen LogP contribution in [0.4, 0.5) is 0 Å². The van der Waals surface area contributed by atoms with E-state index >= 15 is 0 Å². The smallest absolute Gasteiger partial charge is 0.161 e. The fourth-order valence-electron chi connectivity index (χ4n) is 11.7. The van der Waals surface area contributed by atoms with Crippen LogP contribution in [0.2, 0.25) is 0 Å². The lowest BCUT2D eigenvalue weighted by Crippen LogP contribution is -2.14. The molecule has 5 heterocycles. The van der Waals surface area contributed by atoms with Crippen LogP contribution in [0.5, 0.6) is 46.0 Å². The second-order valence-corrected chi connectivity index (χ2v) is 24.1.